The summed E-state index contributed by atoms with van der Waals surface area (Å²) in [5.41, 5.74) is 0.772. The average Bonchev–Trinajstić information content (AvgIpc) is 1.69. The Morgan fingerprint density at radius 1 is 1.75 bits per heavy atom. The van der Waals surface area contributed by atoms with E-state index in [1.165, 1.54) is 0 Å². The van der Waals surface area contributed by atoms with Crippen LogP contribution in [0.4, 0.5) is 0 Å². The Bertz CT molecular complexity index is 90.6. The van der Waals surface area contributed by atoms with Gasteiger partial charge in [0, 0.05) is 12.8 Å². The lowest BCUT2D eigenvalue weighted by molar-refractivity contribution is 0.403. The molecule has 0 fully saturated rings. The largest absolute Gasteiger partial charge is 0.511 e. The van der Waals surface area contributed by atoms with Crippen LogP contribution in [-0.4, -0.2) is 17.9 Å². The van der Waals surface area contributed by atoms with Gasteiger partial charge < -0.3 is 10.4 Å². The molecule has 0 saturated heterocycles. The molecule has 0 aliphatic carbocycles. The third-order valence-electron chi connectivity index (χ3n) is 0.897. The van der Waals surface area contributed by atoms with Gasteiger partial charge in [-0.3, -0.25) is 0 Å². The first kappa shape index (κ1) is 7.69. The monoisotopic (exact) mass is 133 g/mol. The highest BCUT2D eigenvalue weighted by Gasteiger charge is 1.92. The molecule has 0 heterocycles. The molecule has 2 N–H and O–H groups in total. The predicted octanol–water partition coefficient (Wildman–Crippen LogP) is 0.925. The maximum absolute atomic E-state index is 8.78. The Kier molecular flexibility index (Phi) is 3.52. The summed E-state index contributed by atoms with van der Waals surface area (Å²) in [7, 11) is 1.76. The fourth-order valence-corrected chi connectivity index (χ4v) is 0.761. The van der Waals surface area contributed by atoms with Crippen molar-refractivity contribution in [2.45, 2.75) is 6.92 Å². The molecule has 0 aromatic heterocycles. The first-order valence-corrected chi connectivity index (χ1v) is 3.03. The number of aliphatic hydroxyl groups excluding tert-OH is 1. The van der Waals surface area contributed by atoms with Crippen molar-refractivity contribution in [2.24, 2.45) is 0 Å². The maximum Gasteiger partial charge on any atom is 0.109 e. The number of hydrogen-bond acceptors (Lipinski definition) is 3. The van der Waals surface area contributed by atoms with Crippen LogP contribution < -0.4 is 5.32 Å². The van der Waals surface area contributed by atoms with Crippen LogP contribution in [0.25, 0.3) is 0 Å². The van der Waals surface area contributed by atoms with E-state index in [-0.39, 0.29) is 0 Å². The summed E-state index contributed by atoms with van der Waals surface area (Å²) in [6, 6.07) is 0. The van der Waals surface area contributed by atoms with Crippen LogP contribution in [0.15, 0.2) is 11.5 Å². The highest BCUT2D eigenvalue weighted by Crippen LogP contribution is 1.96. The van der Waals surface area contributed by atoms with E-state index in [9.17, 15) is 0 Å². The Labute approximate surface area is 55.0 Å². The highest BCUT2D eigenvalue weighted by atomic mass is 32.1. The van der Waals surface area contributed by atoms with E-state index in [1.807, 2.05) is 0 Å². The molecule has 48 valence electrons. The molecule has 0 amide bonds. The SMILES string of the molecule is CN/C(CS)=C(/C)O. The van der Waals surface area contributed by atoms with Crippen LogP contribution in [0.3, 0.4) is 0 Å². The number of hydrogen-bond donors (Lipinski definition) is 3. The first-order valence-electron chi connectivity index (χ1n) is 2.39. The van der Waals surface area contributed by atoms with Gasteiger partial charge in [0.1, 0.15) is 5.76 Å². The molecule has 0 radical (unpaired) electrons. The highest BCUT2D eigenvalue weighted by molar-refractivity contribution is 7.80. The number of allylic oxidation sites excluding steroid dienone is 1. The van der Waals surface area contributed by atoms with Crippen molar-refractivity contribution in [3.63, 3.8) is 0 Å². The maximum atomic E-state index is 8.78. The molecule has 0 saturated carbocycles. The second-order valence-corrected chi connectivity index (χ2v) is 1.79. The van der Waals surface area contributed by atoms with Gasteiger partial charge in [-0.15, -0.1) is 0 Å². The van der Waals surface area contributed by atoms with Crippen molar-refractivity contribution in [2.75, 3.05) is 12.8 Å². The van der Waals surface area contributed by atoms with Gasteiger partial charge in [-0.1, -0.05) is 0 Å². The van der Waals surface area contributed by atoms with Gasteiger partial charge in [0.05, 0.1) is 5.70 Å². The topological polar surface area (TPSA) is 32.3 Å². The molecule has 2 nitrogen and oxygen atoms in total. The van der Waals surface area contributed by atoms with E-state index in [4.69, 9.17) is 5.11 Å². The van der Waals surface area contributed by atoms with Crippen molar-refractivity contribution in [3.8, 4) is 0 Å². The second kappa shape index (κ2) is 3.66. The standard InChI is InChI=1S/C5H11NOS/c1-4(7)5(3-8)6-2/h6-8H,3H2,1-2H3/b5-4-. The minimum Gasteiger partial charge on any atom is -0.511 e. The molecule has 0 bridgehead atoms. The normalized spacial score (nSPS) is 12.9. The quantitative estimate of drug-likeness (QED) is 0.386. The van der Waals surface area contributed by atoms with Crippen LogP contribution in [0.2, 0.25) is 0 Å². The molecule has 0 spiro atoms. The lowest BCUT2D eigenvalue weighted by Crippen LogP contribution is -2.09. The molecule has 3 heteroatoms. The molecule has 8 heavy (non-hydrogen) atoms. The molecule has 0 aromatic rings. The minimum absolute atomic E-state index is 0.308. The van der Waals surface area contributed by atoms with Crippen LogP contribution in [0.1, 0.15) is 6.92 Å². The summed E-state index contributed by atoms with van der Waals surface area (Å²) in [5, 5.41) is 11.6. The van der Waals surface area contributed by atoms with Gasteiger partial charge in [0.2, 0.25) is 0 Å². The minimum atomic E-state index is 0.308. The molecule has 0 atom stereocenters. The lowest BCUT2D eigenvalue weighted by Gasteiger charge is -2.01. The third-order valence-corrected chi connectivity index (χ3v) is 1.21. The van der Waals surface area contributed by atoms with Gasteiger partial charge in [-0.25, -0.2) is 0 Å². The third kappa shape index (κ3) is 2.12. The number of nitrogens with one attached hydrogen (secondary N) is 1. The summed E-state index contributed by atoms with van der Waals surface area (Å²) < 4.78 is 0. The molecule has 0 rings (SSSR count). The fraction of sp³-hybridized carbons (Fsp3) is 0.600. The van der Waals surface area contributed by atoms with Crippen molar-refractivity contribution in [1.29, 1.82) is 0 Å². The van der Waals surface area contributed by atoms with Crippen LogP contribution >= 0.6 is 12.6 Å². The van der Waals surface area contributed by atoms with E-state index < -0.39 is 0 Å². The van der Waals surface area contributed by atoms with Gasteiger partial charge in [0.15, 0.2) is 0 Å². The molecular weight excluding hydrogens is 122 g/mol. The van der Waals surface area contributed by atoms with Crippen LogP contribution in [0, 0.1) is 0 Å². The van der Waals surface area contributed by atoms with Gasteiger partial charge in [-0.2, -0.15) is 12.6 Å². The van der Waals surface area contributed by atoms with Crippen molar-refractivity contribution < 1.29 is 5.11 Å². The zero-order valence-electron chi connectivity index (χ0n) is 5.10. The average molecular weight is 133 g/mol. The number of aliphatic hydroxyl groups is 1. The van der Waals surface area contributed by atoms with Crippen LogP contribution in [0.5, 0.6) is 0 Å². The summed E-state index contributed by atoms with van der Waals surface area (Å²) in [5.74, 6) is 0.862. The van der Waals surface area contributed by atoms with Crippen molar-refractivity contribution >= 4 is 12.6 Å². The zero-order chi connectivity index (χ0) is 6.57. The van der Waals surface area contributed by atoms with E-state index in [0.717, 1.165) is 5.70 Å². The van der Waals surface area contributed by atoms with E-state index >= 15 is 0 Å². The summed E-state index contributed by atoms with van der Waals surface area (Å²) >= 11 is 3.95. The van der Waals surface area contributed by atoms with Gasteiger partial charge in [-0.05, 0) is 6.92 Å². The molecule has 0 aromatic carbocycles. The van der Waals surface area contributed by atoms with Crippen molar-refractivity contribution in [3.05, 3.63) is 11.5 Å². The van der Waals surface area contributed by atoms with E-state index in [1.54, 1.807) is 14.0 Å². The Morgan fingerprint density at radius 2 is 2.25 bits per heavy atom. The fourth-order valence-electron chi connectivity index (χ4n) is 0.374. The van der Waals surface area contributed by atoms with E-state index in [0.29, 0.717) is 11.5 Å². The molecule has 0 aliphatic heterocycles. The number of thiol groups is 1. The summed E-state index contributed by atoms with van der Waals surface area (Å²) in [4.78, 5) is 0. The Balaban J connectivity index is 3.86. The smallest absolute Gasteiger partial charge is 0.109 e. The Morgan fingerprint density at radius 3 is 2.25 bits per heavy atom. The molecular formula is C5H11NOS. The Hall–Kier alpha value is -0.310. The molecule has 0 aliphatic rings. The van der Waals surface area contributed by atoms with Gasteiger partial charge >= 0.3 is 0 Å². The lowest BCUT2D eigenvalue weighted by atomic mass is 10.4. The number of rotatable bonds is 2. The van der Waals surface area contributed by atoms with Crippen LogP contribution in [-0.2, 0) is 0 Å². The molecule has 0 unspecified atom stereocenters. The predicted molar refractivity (Wildman–Crippen MR) is 38.2 cm³/mol. The summed E-state index contributed by atoms with van der Waals surface area (Å²) in [6.07, 6.45) is 0. The van der Waals surface area contributed by atoms with Crippen molar-refractivity contribution in [1.82, 2.24) is 5.32 Å². The van der Waals surface area contributed by atoms with Gasteiger partial charge in [0.25, 0.3) is 0 Å². The zero-order valence-corrected chi connectivity index (χ0v) is 6.00. The second-order valence-electron chi connectivity index (χ2n) is 1.47. The summed E-state index contributed by atoms with van der Waals surface area (Å²) in [6.45, 7) is 1.63. The van der Waals surface area contributed by atoms with E-state index in [2.05, 4.69) is 17.9 Å². The first-order chi connectivity index (χ1) is 3.72.